The standard InChI is InChI=1S/C21H26BrFOSSi/c1-21(2,26(3,4)24)13-17(16-12-15(22)9-10-18(16)23)20-11-14-7-5-6-8-19(14)25-20/h5-12,14,17,19,24H,13H2,1-4H3. The summed E-state index contributed by atoms with van der Waals surface area (Å²) < 4.78 is 15.7. The summed E-state index contributed by atoms with van der Waals surface area (Å²) in [6.07, 6.45) is 11.7. The van der Waals surface area contributed by atoms with Crippen LogP contribution in [0.4, 0.5) is 4.39 Å². The van der Waals surface area contributed by atoms with Crippen LogP contribution in [0.5, 0.6) is 0 Å². The highest BCUT2D eigenvalue weighted by molar-refractivity contribution is 9.10. The summed E-state index contributed by atoms with van der Waals surface area (Å²) >= 11 is 5.34. The van der Waals surface area contributed by atoms with E-state index in [0.29, 0.717) is 11.2 Å². The molecule has 2 aliphatic rings. The fraction of sp³-hybridized carbons (Fsp3) is 0.429. The van der Waals surface area contributed by atoms with Gasteiger partial charge in [-0.15, -0.1) is 11.8 Å². The van der Waals surface area contributed by atoms with Crippen LogP contribution in [-0.2, 0) is 0 Å². The molecular weight excluding hydrogens is 427 g/mol. The van der Waals surface area contributed by atoms with E-state index >= 15 is 0 Å². The molecule has 1 N–H and O–H groups in total. The van der Waals surface area contributed by atoms with Crippen LogP contribution in [0.1, 0.15) is 31.7 Å². The van der Waals surface area contributed by atoms with Gasteiger partial charge in [0.1, 0.15) is 5.82 Å². The Morgan fingerprint density at radius 3 is 2.62 bits per heavy atom. The van der Waals surface area contributed by atoms with Gasteiger partial charge in [-0.25, -0.2) is 4.39 Å². The Labute approximate surface area is 169 Å². The largest absolute Gasteiger partial charge is 0.432 e. The molecule has 0 spiro atoms. The molecule has 0 fully saturated rings. The first-order valence-corrected chi connectivity index (χ1v) is 13.6. The molecule has 3 rings (SSSR count). The van der Waals surface area contributed by atoms with Crippen molar-refractivity contribution in [3.05, 3.63) is 69.3 Å². The minimum Gasteiger partial charge on any atom is -0.432 e. The quantitative estimate of drug-likeness (QED) is 0.496. The zero-order valence-electron chi connectivity index (χ0n) is 15.7. The maximum Gasteiger partial charge on any atom is 0.188 e. The molecule has 26 heavy (non-hydrogen) atoms. The van der Waals surface area contributed by atoms with Crippen molar-refractivity contribution in [2.45, 2.75) is 49.6 Å². The summed E-state index contributed by atoms with van der Waals surface area (Å²) in [7, 11) is -2.40. The molecule has 3 unspecified atom stereocenters. The molecule has 0 amide bonds. The van der Waals surface area contributed by atoms with Crippen LogP contribution in [0.2, 0.25) is 18.1 Å². The first-order valence-electron chi connectivity index (χ1n) is 8.99. The van der Waals surface area contributed by atoms with E-state index in [0.717, 1.165) is 16.5 Å². The van der Waals surface area contributed by atoms with Crippen LogP contribution in [0, 0.1) is 11.7 Å². The van der Waals surface area contributed by atoms with Gasteiger partial charge in [-0.1, -0.05) is 60.2 Å². The highest BCUT2D eigenvalue weighted by Gasteiger charge is 2.42. The number of allylic oxidation sites excluding steroid dienone is 5. The molecule has 1 aliphatic heterocycles. The van der Waals surface area contributed by atoms with Crippen LogP contribution in [0.25, 0.3) is 0 Å². The third-order valence-corrected chi connectivity index (χ3v) is 11.2. The van der Waals surface area contributed by atoms with Crippen LogP contribution in [0.3, 0.4) is 0 Å². The summed E-state index contributed by atoms with van der Waals surface area (Å²) in [5, 5.41) is 0.169. The van der Waals surface area contributed by atoms with Crippen molar-refractivity contribution in [3.63, 3.8) is 0 Å². The van der Waals surface area contributed by atoms with Crippen LogP contribution < -0.4 is 0 Å². The van der Waals surface area contributed by atoms with Gasteiger partial charge in [-0.05, 0) is 53.2 Å². The zero-order valence-corrected chi connectivity index (χ0v) is 19.1. The second-order valence-corrected chi connectivity index (χ2v) is 15.0. The fourth-order valence-electron chi connectivity index (χ4n) is 3.36. The molecule has 0 saturated carbocycles. The van der Waals surface area contributed by atoms with Gasteiger partial charge in [0, 0.05) is 21.6 Å². The summed E-state index contributed by atoms with van der Waals surface area (Å²) in [4.78, 5) is 12.0. The maximum atomic E-state index is 14.8. The Morgan fingerprint density at radius 2 is 1.96 bits per heavy atom. The van der Waals surface area contributed by atoms with Crippen molar-refractivity contribution in [1.82, 2.24) is 0 Å². The third kappa shape index (κ3) is 4.11. The van der Waals surface area contributed by atoms with E-state index in [-0.39, 0.29) is 16.8 Å². The lowest BCUT2D eigenvalue weighted by Crippen LogP contribution is -2.40. The Hall–Kier alpha value is -0.623. The molecule has 1 heterocycles. The van der Waals surface area contributed by atoms with Crippen LogP contribution in [-0.4, -0.2) is 18.4 Å². The first kappa shape index (κ1) is 20.1. The van der Waals surface area contributed by atoms with Gasteiger partial charge >= 0.3 is 0 Å². The molecule has 3 atom stereocenters. The number of benzene rings is 1. The molecule has 0 aromatic heterocycles. The van der Waals surface area contributed by atoms with E-state index in [1.807, 2.05) is 30.9 Å². The van der Waals surface area contributed by atoms with Gasteiger partial charge in [-0.2, -0.15) is 0 Å². The van der Waals surface area contributed by atoms with Gasteiger partial charge in [0.25, 0.3) is 0 Å². The topological polar surface area (TPSA) is 20.2 Å². The fourth-order valence-corrected chi connectivity index (χ4v) is 5.86. The zero-order chi connectivity index (χ0) is 19.1. The second kappa shape index (κ2) is 7.42. The highest BCUT2D eigenvalue weighted by Crippen LogP contribution is 2.53. The second-order valence-electron chi connectivity index (χ2n) is 8.36. The summed E-state index contributed by atoms with van der Waals surface area (Å²) in [5.74, 6) is 0.160. The minimum absolute atomic E-state index is 0.0428. The number of hydrogen-bond donors (Lipinski definition) is 1. The lowest BCUT2D eigenvalue weighted by atomic mass is 9.87. The Morgan fingerprint density at radius 1 is 1.27 bits per heavy atom. The molecule has 1 aliphatic carbocycles. The number of halogens is 2. The SMILES string of the molecule is CC(C)(CC(C1=CC2C=CC=CC2S1)c1cc(Br)ccc1F)[Si](C)(C)O. The molecule has 1 nitrogen and oxygen atoms in total. The smallest absolute Gasteiger partial charge is 0.188 e. The Bertz CT molecular complexity index is 779. The van der Waals surface area contributed by atoms with Gasteiger partial charge in [-0.3, -0.25) is 0 Å². The van der Waals surface area contributed by atoms with Crippen molar-refractivity contribution >= 4 is 36.0 Å². The predicted molar refractivity (Wildman–Crippen MR) is 116 cm³/mol. The lowest BCUT2D eigenvalue weighted by Gasteiger charge is -2.38. The van der Waals surface area contributed by atoms with E-state index in [9.17, 15) is 9.19 Å². The van der Waals surface area contributed by atoms with Crippen molar-refractivity contribution in [2.75, 3.05) is 0 Å². The van der Waals surface area contributed by atoms with Crippen molar-refractivity contribution < 1.29 is 9.19 Å². The van der Waals surface area contributed by atoms with E-state index in [1.54, 1.807) is 6.07 Å². The average Bonchev–Trinajstić information content (AvgIpc) is 2.98. The predicted octanol–water partition coefficient (Wildman–Crippen LogP) is 6.78. The van der Waals surface area contributed by atoms with Crippen molar-refractivity contribution in [3.8, 4) is 0 Å². The molecular formula is C21H26BrFOSSi. The van der Waals surface area contributed by atoms with Gasteiger partial charge in [0.2, 0.25) is 0 Å². The summed E-state index contributed by atoms with van der Waals surface area (Å²) in [5.41, 5.74) is 0.719. The Balaban J connectivity index is 2.01. The molecule has 0 radical (unpaired) electrons. The average molecular weight is 453 g/mol. The third-order valence-electron chi connectivity index (χ3n) is 5.80. The van der Waals surface area contributed by atoms with E-state index in [2.05, 4.69) is 60.2 Å². The van der Waals surface area contributed by atoms with Crippen molar-refractivity contribution in [2.24, 2.45) is 5.92 Å². The van der Waals surface area contributed by atoms with E-state index < -0.39 is 8.32 Å². The normalized spacial score (nSPS) is 23.7. The first-order chi connectivity index (χ1) is 12.1. The maximum absolute atomic E-state index is 14.8. The van der Waals surface area contributed by atoms with E-state index in [1.165, 1.54) is 11.0 Å². The molecule has 0 bridgehead atoms. The van der Waals surface area contributed by atoms with Gasteiger partial charge < -0.3 is 4.80 Å². The Kier molecular flexibility index (Phi) is 5.74. The molecule has 1 aromatic rings. The number of fused-ring (bicyclic) bond motifs is 1. The summed E-state index contributed by atoms with van der Waals surface area (Å²) in [6, 6.07) is 5.18. The van der Waals surface area contributed by atoms with Crippen LogP contribution >= 0.6 is 27.7 Å². The molecule has 140 valence electrons. The number of thioether (sulfide) groups is 1. The van der Waals surface area contributed by atoms with Crippen LogP contribution in [0.15, 0.2) is 58.0 Å². The molecule has 5 heteroatoms. The van der Waals surface area contributed by atoms with Gasteiger partial charge in [0.05, 0.1) is 0 Å². The van der Waals surface area contributed by atoms with Crippen molar-refractivity contribution in [1.29, 1.82) is 0 Å². The molecule has 1 aromatic carbocycles. The summed E-state index contributed by atoms with van der Waals surface area (Å²) in [6.45, 7) is 8.19. The highest BCUT2D eigenvalue weighted by atomic mass is 79.9. The minimum atomic E-state index is -2.40. The number of rotatable bonds is 5. The monoisotopic (exact) mass is 452 g/mol. The van der Waals surface area contributed by atoms with Gasteiger partial charge in [0.15, 0.2) is 8.32 Å². The number of hydrogen-bond acceptors (Lipinski definition) is 2. The van der Waals surface area contributed by atoms with E-state index in [4.69, 9.17) is 0 Å². The lowest BCUT2D eigenvalue weighted by molar-refractivity contribution is 0.434. The molecule has 0 saturated heterocycles.